The van der Waals surface area contributed by atoms with Gasteiger partial charge in [-0.1, -0.05) is 6.07 Å². The number of imidazole rings is 1. The lowest BCUT2D eigenvalue weighted by molar-refractivity contribution is 0.744. The predicted molar refractivity (Wildman–Crippen MR) is 70.3 cm³/mol. The van der Waals surface area contributed by atoms with E-state index in [0.717, 1.165) is 27.9 Å². The first-order chi connectivity index (χ1) is 8.56. The number of nitrogens with one attached hydrogen (secondary N) is 2. The van der Waals surface area contributed by atoms with Gasteiger partial charge in [0.2, 0.25) is 0 Å². The molecule has 0 fully saturated rings. The van der Waals surface area contributed by atoms with Crippen molar-refractivity contribution >= 4 is 16.9 Å². The molecule has 3 aromatic rings. The highest BCUT2D eigenvalue weighted by Crippen LogP contribution is 2.29. The SMILES string of the molecule is Cc1c(-c2ccc3[nH]c(=O)[nH]c3c2)c(N)nn1C. The summed E-state index contributed by atoms with van der Waals surface area (Å²) < 4.78 is 1.74. The van der Waals surface area contributed by atoms with Crippen LogP contribution in [0.15, 0.2) is 23.0 Å². The van der Waals surface area contributed by atoms with Crippen LogP contribution in [0.25, 0.3) is 22.2 Å². The van der Waals surface area contributed by atoms with Crippen molar-refractivity contribution in [3.63, 3.8) is 0 Å². The topological polar surface area (TPSA) is 92.5 Å². The number of aromatic nitrogens is 4. The molecule has 0 unspecified atom stereocenters. The van der Waals surface area contributed by atoms with E-state index >= 15 is 0 Å². The number of H-pyrrole nitrogens is 2. The van der Waals surface area contributed by atoms with Crippen molar-refractivity contribution in [1.29, 1.82) is 0 Å². The number of aryl methyl sites for hydroxylation is 1. The van der Waals surface area contributed by atoms with Crippen LogP contribution < -0.4 is 11.4 Å². The van der Waals surface area contributed by atoms with E-state index in [2.05, 4.69) is 15.1 Å². The number of nitrogens with zero attached hydrogens (tertiary/aromatic N) is 2. The number of rotatable bonds is 1. The molecule has 0 spiro atoms. The number of aromatic amines is 2. The maximum Gasteiger partial charge on any atom is 0.323 e. The Labute approximate surface area is 102 Å². The average Bonchev–Trinajstić information content (AvgIpc) is 2.78. The van der Waals surface area contributed by atoms with Gasteiger partial charge in [-0.15, -0.1) is 0 Å². The Morgan fingerprint density at radius 3 is 2.67 bits per heavy atom. The van der Waals surface area contributed by atoms with Crippen molar-refractivity contribution in [2.24, 2.45) is 7.05 Å². The molecule has 6 heteroatoms. The number of hydrogen-bond acceptors (Lipinski definition) is 3. The van der Waals surface area contributed by atoms with Crippen LogP contribution in [0.3, 0.4) is 0 Å². The zero-order valence-electron chi connectivity index (χ0n) is 10.1. The Kier molecular flexibility index (Phi) is 2.07. The van der Waals surface area contributed by atoms with E-state index in [1.165, 1.54) is 0 Å². The smallest absolute Gasteiger partial charge is 0.323 e. The zero-order chi connectivity index (χ0) is 12.9. The normalized spacial score (nSPS) is 11.2. The van der Waals surface area contributed by atoms with Crippen molar-refractivity contribution < 1.29 is 0 Å². The van der Waals surface area contributed by atoms with E-state index in [0.29, 0.717) is 5.82 Å². The van der Waals surface area contributed by atoms with Crippen LogP contribution >= 0.6 is 0 Å². The van der Waals surface area contributed by atoms with Crippen LogP contribution in [0.2, 0.25) is 0 Å². The molecular formula is C12H13N5O. The van der Waals surface area contributed by atoms with Crippen LogP contribution in [0.4, 0.5) is 5.82 Å². The third kappa shape index (κ3) is 1.42. The molecule has 1 aromatic carbocycles. The highest BCUT2D eigenvalue weighted by Gasteiger charge is 2.13. The van der Waals surface area contributed by atoms with Crippen molar-refractivity contribution in [3.8, 4) is 11.1 Å². The maximum absolute atomic E-state index is 11.2. The fraction of sp³-hybridized carbons (Fsp3) is 0.167. The number of nitrogen functional groups attached to an aromatic ring is 1. The molecule has 0 atom stereocenters. The molecule has 6 nitrogen and oxygen atoms in total. The number of anilines is 1. The summed E-state index contributed by atoms with van der Waals surface area (Å²) >= 11 is 0. The number of fused-ring (bicyclic) bond motifs is 1. The highest BCUT2D eigenvalue weighted by molar-refractivity contribution is 5.85. The summed E-state index contributed by atoms with van der Waals surface area (Å²) in [6, 6.07) is 5.68. The molecule has 0 radical (unpaired) electrons. The van der Waals surface area contributed by atoms with E-state index in [-0.39, 0.29) is 5.69 Å². The Morgan fingerprint density at radius 1 is 1.28 bits per heavy atom. The van der Waals surface area contributed by atoms with Crippen molar-refractivity contribution in [3.05, 3.63) is 34.4 Å². The second-order valence-electron chi connectivity index (χ2n) is 4.31. The van der Waals surface area contributed by atoms with E-state index in [9.17, 15) is 4.79 Å². The Balaban J connectivity index is 2.28. The van der Waals surface area contributed by atoms with E-state index in [4.69, 9.17) is 5.73 Å². The van der Waals surface area contributed by atoms with Crippen molar-refractivity contribution in [1.82, 2.24) is 19.7 Å². The Morgan fingerprint density at radius 2 is 2.00 bits per heavy atom. The number of benzene rings is 1. The quantitative estimate of drug-likeness (QED) is 0.598. The first kappa shape index (κ1) is 10.6. The molecule has 4 N–H and O–H groups in total. The summed E-state index contributed by atoms with van der Waals surface area (Å²) in [5.74, 6) is 0.493. The van der Waals surface area contributed by atoms with Gasteiger partial charge in [0.05, 0.1) is 11.0 Å². The van der Waals surface area contributed by atoms with E-state index in [1.807, 2.05) is 32.2 Å². The summed E-state index contributed by atoms with van der Waals surface area (Å²) in [6.45, 7) is 1.96. The Hall–Kier alpha value is -2.50. The maximum atomic E-state index is 11.2. The standard InChI is InChI=1S/C12H13N5O/c1-6-10(11(13)16-17(6)2)7-3-4-8-9(5-7)15-12(18)14-8/h3-5H,1-2H3,(H2,13,16)(H2,14,15,18). The second kappa shape index (κ2) is 3.49. The van der Waals surface area contributed by atoms with Gasteiger partial charge in [0.1, 0.15) is 0 Å². The number of nitrogens with two attached hydrogens (primary N) is 1. The van der Waals surface area contributed by atoms with Gasteiger partial charge < -0.3 is 15.7 Å². The fourth-order valence-electron chi connectivity index (χ4n) is 2.18. The van der Waals surface area contributed by atoms with Crippen LogP contribution in [-0.2, 0) is 7.05 Å². The minimum Gasteiger partial charge on any atom is -0.382 e. The first-order valence-electron chi connectivity index (χ1n) is 5.58. The molecule has 0 amide bonds. The van der Waals surface area contributed by atoms with Gasteiger partial charge in [0, 0.05) is 18.3 Å². The van der Waals surface area contributed by atoms with Gasteiger partial charge >= 0.3 is 5.69 Å². The second-order valence-corrected chi connectivity index (χ2v) is 4.31. The molecule has 0 bridgehead atoms. The Bertz CT molecular complexity index is 793. The lowest BCUT2D eigenvalue weighted by Gasteiger charge is -2.02. The lowest BCUT2D eigenvalue weighted by atomic mass is 10.1. The van der Waals surface area contributed by atoms with Gasteiger partial charge in [0.25, 0.3) is 0 Å². The van der Waals surface area contributed by atoms with Crippen LogP contribution in [0, 0.1) is 6.92 Å². The van der Waals surface area contributed by atoms with Gasteiger partial charge in [-0.05, 0) is 24.6 Å². The molecule has 0 aliphatic rings. The molecule has 2 heterocycles. The molecule has 0 saturated heterocycles. The monoisotopic (exact) mass is 243 g/mol. The molecule has 0 aliphatic heterocycles. The third-order valence-electron chi connectivity index (χ3n) is 3.17. The molecule has 92 valence electrons. The molecule has 18 heavy (non-hydrogen) atoms. The van der Waals surface area contributed by atoms with E-state index < -0.39 is 0 Å². The van der Waals surface area contributed by atoms with Gasteiger partial charge in [0.15, 0.2) is 5.82 Å². The summed E-state index contributed by atoms with van der Waals surface area (Å²) in [5.41, 5.74) is 10.1. The van der Waals surface area contributed by atoms with Crippen molar-refractivity contribution in [2.75, 3.05) is 5.73 Å². The minimum atomic E-state index is -0.210. The molecule has 2 aromatic heterocycles. The predicted octanol–water partition coefficient (Wildman–Crippen LogP) is 1.15. The molecule has 0 saturated carbocycles. The molecular weight excluding hydrogens is 230 g/mol. The minimum absolute atomic E-state index is 0.210. The van der Waals surface area contributed by atoms with Crippen molar-refractivity contribution in [2.45, 2.75) is 6.92 Å². The first-order valence-corrected chi connectivity index (χ1v) is 5.58. The largest absolute Gasteiger partial charge is 0.382 e. The fourth-order valence-corrected chi connectivity index (χ4v) is 2.18. The van der Waals surface area contributed by atoms with Gasteiger partial charge in [-0.2, -0.15) is 5.10 Å². The van der Waals surface area contributed by atoms with Crippen LogP contribution in [-0.4, -0.2) is 19.7 Å². The summed E-state index contributed by atoms with van der Waals surface area (Å²) in [7, 11) is 1.85. The summed E-state index contributed by atoms with van der Waals surface area (Å²) in [6.07, 6.45) is 0. The van der Waals surface area contributed by atoms with E-state index in [1.54, 1.807) is 4.68 Å². The highest BCUT2D eigenvalue weighted by atomic mass is 16.1. The van der Waals surface area contributed by atoms with Gasteiger partial charge in [-0.25, -0.2) is 4.79 Å². The van der Waals surface area contributed by atoms with Crippen LogP contribution in [0.5, 0.6) is 0 Å². The zero-order valence-corrected chi connectivity index (χ0v) is 10.1. The average molecular weight is 243 g/mol. The molecule has 0 aliphatic carbocycles. The molecule has 3 rings (SSSR count). The third-order valence-corrected chi connectivity index (χ3v) is 3.17. The lowest BCUT2D eigenvalue weighted by Crippen LogP contribution is -1.99. The summed E-state index contributed by atoms with van der Waals surface area (Å²) in [4.78, 5) is 16.7. The number of hydrogen-bond donors (Lipinski definition) is 3. The van der Waals surface area contributed by atoms with Crippen LogP contribution in [0.1, 0.15) is 5.69 Å². The summed E-state index contributed by atoms with van der Waals surface area (Å²) in [5, 5.41) is 4.19. The van der Waals surface area contributed by atoms with Gasteiger partial charge in [-0.3, -0.25) is 4.68 Å².